The molecular weight excluding hydrogens is 282 g/mol. The van der Waals surface area contributed by atoms with Crippen LogP contribution in [0, 0.1) is 21.7 Å². The van der Waals surface area contributed by atoms with Gasteiger partial charge in [0.2, 0.25) is 5.82 Å². The standard InChI is InChI=1S/C14H10F2N2O3/c15-8-5-10(16)14(18(19)20)11(6-8)17-12-7-21-13-4-2-1-3-9(12)13/h1-6,12,17H,7H2. The second-order valence-corrected chi connectivity index (χ2v) is 4.59. The van der Waals surface area contributed by atoms with Gasteiger partial charge in [-0.25, -0.2) is 4.39 Å². The number of nitrogens with zero attached hydrogens (tertiary/aromatic N) is 1. The first-order valence-electron chi connectivity index (χ1n) is 6.18. The van der Waals surface area contributed by atoms with Gasteiger partial charge in [0, 0.05) is 17.7 Å². The number of rotatable bonds is 3. The van der Waals surface area contributed by atoms with Gasteiger partial charge in [-0.05, 0) is 6.07 Å². The third-order valence-corrected chi connectivity index (χ3v) is 3.24. The summed E-state index contributed by atoms with van der Waals surface area (Å²) in [5, 5.41) is 13.7. The second-order valence-electron chi connectivity index (χ2n) is 4.59. The minimum absolute atomic E-state index is 0.206. The summed E-state index contributed by atoms with van der Waals surface area (Å²) in [6.07, 6.45) is 0. The molecule has 0 aromatic heterocycles. The van der Waals surface area contributed by atoms with Crippen LogP contribution in [-0.2, 0) is 0 Å². The fourth-order valence-corrected chi connectivity index (χ4v) is 2.33. The Bertz CT molecular complexity index is 721. The zero-order valence-electron chi connectivity index (χ0n) is 10.7. The predicted molar refractivity (Wildman–Crippen MR) is 71.3 cm³/mol. The number of para-hydroxylation sites is 1. The maximum atomic E-state index is 13.6. The number of nitro groups is 1. The summed E-state index contributed by atoms with van der Waals surface area (Å²) < 4.78 is 32.3. The number of benzene rings is 2. The molecule has 1 aliphatic rings. The molecule has 1 atom stereocenters. The van der Waals surface area contributed by atoms with E-state index in [1.165, 1.54) is 0 Å². The van der Waals surface area contributed by atoms with Gasteiger partial charge in [0.25, 0.3) is 0 Å². The van der Waals surface area contributed by atoms with Crippen LogP contribution in [0.2, 0.25) is 0 Å². The van der Waals surface area contributed by atoms with Crippen molar-refractivity contribution < 1.29 is 18.4 Å². The number of hydrogen-bond acceptors (Lipinski definition) is 4. The maximum absolute atomic E-state index is 13.6. The van der Waals surface area contributed by atoms with Crippen molar-refractivity contribution in [3.8, 4) is 5.75 Å². The molecular formula is C14H10F2N2O3. The molecule has 7 heteroatoms. The Morgan fingerprint density at radius 1 is 1.29 bits per heavy atom. The SMILES string of the molecule is O=[N+]([O-])c1c(F)cc(F)cc1NC1COc2ccccc21. The highest BCUT2D eigenvalue weighted by atomic mass is 19.1. The van der Waals surface area contributed by atoms with Crippen LogP contribution in [0.15, 0.2) is 36.4 Å². The first-order valence-corrected chi connectivity index (χ1v) is 6.18. The fraction of sp³-hybridized carbons (Fsp3) is 0.143. The Hall–Kier alpha value is -2.70. The Labute approximate surface area is 118 Å². The van der Waals surface area contributed by atoms with Crippen LogP contribution in [0.5, 0.6) is 5.75 Å². The average molecular weight is 292 g/mol. The van der Waals surface area contributed by atoms with Crippen LogP contribution in [0.3, 0.4) is 0 Å². The number of nitrogens with one attached hydrogen (secondary N) is 1. The monoisotopic (exact) mass is 292 g/mol. The summed E-state index contributed by atoms with van der Waals surface area (Å²) in [4.78, 5) is 10.1. The zero-order chi connectivity index (χ0) is 15.0. The van der Waals surface area contributed by atoms with Crippen molar-refractivity contribution >= 4 is 11.4 Å². The molecule has 0 radical (unpaired) electrons. The number of anilines is 1. The fourth-order valence-electron chi connectivity index (χ4n) is 2.33. The molecule has 5 nitrogen and oxygen atoms in total. The molecule has 0 amide bonds. The number of ether oxygens (including phenoxy) is 1. The molecule has 21 heavy (non-hydrogen) atoms. The normalized spacial score (nSPS) is 16.2. The van der Waals surface area contributed by atoms with Crippen molar-refractivity contribution in [2.24, 2.45) is 0 Å². The van der Waals surface area contributed by atoms with Gasteiger partial charge >= 0.3 is 5.69 Å². The smallest absolute Gasteiger partial charge is 0.327 e. The van der Waals surface area contributed by atoms with Crippen LogP contribution in [0.1, 0.15) is 11.6 Å². The lowest BCUT2D eigenvalue weighted by atomic mass is 10.1. The Morgan fingerprint density at radius 3 is 2.81 bits per heavy atom. The summed E-state index contributed by atoms with van der Waals surface area (Å²) in [5.74, 6) is -1.45. The lowest BCUT2D eigenvalue weighted by molar-refractivity contribution is -0.386. The van der Waals surface area contributed by atoms with Gasteiger partial charge in [-0.2, -0.15) is 4.39 Å². The highest BCUT2D eigenvalue weighted by Gasteiger charge is 2.28. The number of halogens is 2. The molecule has 108 valence electrons. The maximum Gasteiger partial charge on any atom is 0.327 e. The molecule has 1 heterocycles. The van der Waals surface area contributed by atoms with Crippen LogP contribution < -0.4 is 10.1 Å². The lowest BCUT2D eigenvalue weighted by Crippen LogP contribution is -2.14. The third kappa shape index (κ3) is 2.37. The Balaban J connectivity index is 1.98. The van der Waals surface area contributed by atoms with Crippen molar-refractivity contribution in [3.05, 3.63) is 63.7 Å². The van der Waals surface area contributed by atoms with Crippen LogP contribution in [0.25, 0.3) is 0 Å². The molecule has 0 spiro atoms. The average Bonchev–Trinajstić information content (AvgIpc) is 2.81. The molecule has 0 bridgehead atoms. The molecule has 0 saturated heterocycles. The molecule has 0 fully saturated rings. The molecule has 1 N–H and O–H groups in total. The quantitative estimate of drug-likeness (QED) is 0.695. The Morgan fingerprint density at radius 2 is 2.05 bits per heavy atom. The van der Waals surface area contributed by atoms with E-state index in [2.05, 4.69) is 5.32 Å². The topological polar surface area (TPSA) is 64.4 Å². The summed E-state index contributed by atoms with van der Waals surface area (Å²) >= 11 is 0. The predicted octanol–water partition coefficient (Wildman–Crippen LogP) is 3.42. The molecule has 0 saturated carbocycles. The summed E-state index contributed by atoms with van der Waals surface area (Å²) in [5.41, 5.74) is -0.194. The number of fused-ring (bicyclic) bond motifs is 1. The van der Waals surface area contributed by atoms with Gasteiger partial charge in [-0.3, -0.25) is 10.1 Å². The lowest BCUT2D eigenvalue weighted by Gasteiger charge is -2.13. The Kier molecular flexibility index (Phi) is 3.17. The molecule has 3 rings (SSSR count). The van der Waals surface area contributed by atoms with E-state index in [1.54, 1.807) is 24.3 Å². The first-order chi connectivity index (χ1) is 10.1. The summed E-state index contributed by atoms with van der Waals surface area (Å²) in [7, 11) is 0. The molecule has 2 aromatic carbocycles. The van der Waals surface area contributed by atoms with Gasteiger partial charge in [-0.1, -0.05) is 18.2 Å². The van der Waals surface area contributed by atoms with E-state index < -0.39 is 28.3 Å². The van der Waals surface area contributed by atoms with E-state index in [-0.39, 0.29) is 12.3 Å². The van der Waals surface area contributed by atoms with E-state index in [4.69, 9.17) is 4.74 Å². The summed E-state index contributed by atoms with van der Waals surface area (Å²) in [6.45, 7) is 0.231. The van der Waals surface area contributed by atoms with Gasteiger partial charge in [0.1, 0.15) is 23.9 Å². The van der Waals surface area contributed by atoms with Crippen molar-refractivity contribution in [2.45, 2.75) is 6.04 Å². The van der Waals surface area contributed by atoms with Crippen molar-refractivity contribution in [1.29, 1.82) is 0 Å². The van der Waals surface area contributed by atoms with Gasteiger partial charge in [0.15, 0.2) is 0 Å². The highest BCUT2D eigenvalue weighted by Crippen LogP contribution is 2.37. The van der Waals surface area contributed by atoms with Crippen molar-refractivity contribution in [3.63, 3.8) is 0 Å². The zero-order valence-corrected chi connectivity index (χ0v) is 10.7. The van der Waals surface area contributed by atoms with Crippen molar-refractivity contribution in [1.82, 2.24) is 0 Å². The number of nitro benzene ring substituents is 1. The van der Waals surface area contributed by atoms with Gasteiger partial charge in [0.05, 0.1) is 11.0 Å². The largest absolute Gasteiger partial charge is 0.491 e. The molecule has 1 unspecified atom stereocenters. The van der Waals surface area contributed by atoms with E-state index in [9.17, 15) is 18.9 Å². The minimum atomic E-state index is -1.21. The van der Waals surface area contributed by atoms with E-state index in [0.29, 0.717) is 11.8 Å². The van der Waals surface area contributed by atoms with Crippen LogP contribution in [0.4, 0.5) is 20.2 Å². The molecule has 2 aromatic rings. The highest BCUT2D eigenvalue weighted by molar-refractivity contribution is 5.64. The van der Waals surface area contributed by atoms with E-state index in [0.717, 1.165) is 11.6 Å². The third-order valence-electron chi connectivity index (χ3n) is 3.24. The summed E-state index contributed by atoms with van der Waals surface area (Å²) in [6, 6.07) is 8.14. The van der Waals surface area contributed by atoms with Crippen LogP contribution in [-0.4, -0.2) is 11.5 Å². The van der Waals surface area contributed by atoms with Gasteiger partial charge < -0.3 is 10.1 Å². The minimum Gasteiger partial charge on any atom is -0.491 e. The van der Waals surface area contributed by atoms with E-state index in [1.807, 2.05) is 0 Å². The number of hydrogen-bond donors (Lipinski definition) is 1. The van der Waals surface area contributed by atoms with E-state index >= 15 is 0 Å². The second kappa shape index (κ2) is 5.01. The van der Waals surface area contributed by atoms with Crippen LogP contribution >= 0.6 is 0 Å². The first kappa shape index (κ1) is 13.3. The molecule has 0 aliphatic carbocycles. The molecule has 1 aliphatic heterocycles. The van der Waals surface area contributed by atoms with Gasteiger partial charge in [-0.15, -0.1) is 0 Å². The van der Waals surface area contributed by atoms with Crippen molar-refractivity contribution in [2.75, 3.05) is 11.9 Å².